The summed E-state index contributed by atoms with van der Waals surface area (Å²) in [5, 5.41) is 0. The quantitative estimate of drug-likeness (QED) is 0.564. The summed E-state index contributed by atoms with van der Waals surface area (Å²) in [5.41, 5.74) is 6.97. The molecule has 0 aromatic heterocycles. The summed E-state index contributed by atoms with van der Waals surface area (Å²) < 4.78 is 0. The van der Waals surface area contributed by atoms with Crippen LogP contribution < -0.4 is 0 Å². The van der Waals surface area contributed by atoms with Crippen molar-refractivity contribution in [3.63, 3.8) is 0 Å². The highest BCUT2D eigenvalue weighted by Crippen LogP contribution is 2.34. The third-order valence-corrected chi connectivity index (χ3v) is 7.21. The van der Waals surface area contributed by atoms with Crippen molar-refractivity contribution in [2.45, 2.75) is 52.4 Å². The van der Waals surface area contributed by atoms with Gasteiger partial charge >= 0.3 is 0 Å². The maximum absolute atomic E-state index is 14.1. The number of hydrogen-bond donors (Lipinski definition) is 0. The highest BCUT2D eigenvalue weighted by Gasteiger charge is 2.38. The first kappa shape index (κ1) is 21.4. The number of amides is 2. The maximum atomic E-state index is 14.1. The Morgan fingerprint density at radius 1 is 0.788 bits per heavy atom. The molecule has 0 fully saturated rings. The van der Waals surface area contributed by atoms with Crippen molar-refractivity contribution in [3.05, 3.63) is 95.1 Å². The Balaban J connectivity index is 1.52. The van der Waals surface area contributed by atoms with Crippen LogP contribution >= 0.6 is 0 Å². The van der Waals surface area contributed by atoms with Crippen LogP contribution in [-0.2, 0) is 35.6 Å². The van der Waals surface area contributed by atoms with Crippen LogP contribution in [-0.4, -0.2) is 27.7 Å². The molecule has 2 amide bonds. The van der Waals surface area contributed by atoms with E-state index in [0.29, 0.717) is 26.1 Å². The van der Waals surface area contributed by atoms with Gasteiger partial charge < -0.3 is 9.80 Å². The number of nitrogens with zero attached hydrogens (tertiary/aromatic N) is 2. The monoisotopic (exact) mass is 438 g/mol. The van der Waals surface area contributed by atoms with E-state index in [1.54, 1.807) is 0 Å². The normalized spacial score (nSPS) is 17.9. The zero-order chi connectivity index (χ0) is 22.9. The molecule has 3 aromatic rings. The molecule has 0 bridgehead atoms. The van der Waals surface area contributed by atoms with Gasteiger partial charge in [0.25, 0.3) is 0 Å². The van der Waals surface area contributed by atoms with E-state index >= 15 is 0 Å². The van der Waals surface area contributed by atoms with Crippen molar-refractivity contribution in [3.8, 4) is 11.1 Å². The van der Waals surface area contributed by atoms with Gasteiger partial charge in [0.05, 0.1) is 0 Å². The highest BCUT2D eigenvalue weighted by molar-refractivity contribution is 5.90. The van der Waals surface area contributed by atoms with Crippen molar-refractivity contribution in [2.24, 2.45) is 5.92 Å². The molecule has 2 aliphatic heterocycles. The van der Waals surface area contributed by atoms with Gasteiger partial charge in [-0.1, -0.05) is 86.6 Å². The first-order valence-corrected chi connectivity index (χ1v) is 11.9. The topological polar surface area (TPSA) is 40.6 Å². The molecule has 4 nitrogen and oxygen atoms in total. The van der Waals surface area contributed by atoms with Gasteiger partial charge in [0, 0.05) is 32.0 Å². The van der Waals surface area contributed by atoms with E-state index in [-0.39, 0.29) is 17.7 Å². The Bertz CT molecular complexity index is 1150. The zero-order valence-corrected chi connectivity index (χ0v) is 19.3. The maximum Gasteiger partial charge on any atom is 0.246 e. The minimum atomic E-state index is -0.473. The first-order valence-electron chi connectivity index (χ1n) is 11.9. The zero-order valence-electron chi connectivity index (χ0n) is 19.3. The third-order valence-electron chi connectivity index (χ3n) is 7.21. The second-order valence-corrected chi connectivity index (χ2v) is 9.27. The molecule has 0 spiro atoms. The van der Waals surface area contributed by atoms with E-state index in [9.17, 15) is 9.59 Å². The molecular weight excluding hydrogens is 408 g/mol. The van der Waals surface area contributed by atoms with E-state index in [1.165, 1.54) is 16.7 Å². The Hall–Kier alpha value is -3.40. The summed E-state index contributed by atoms with van der Waals surface area (Å²) in [4.78, 5) is 31.2. The lowest BCUT2D eigenvalue weighted by Gasteiger charge is -2.39. The minimum Gasteiger partial charge on any atom is -0.332 e. The summed E-state index contributed by atoms with van der Waals surface area (Å²) in [5.74, 6) is 0.00443. The molecule has 5 rings (SSSR count). The van der Waals surface area contributed by atoms with Gasteiger partial charge in [-0.25, -0.2) is 0 Å². The van der Waals surface area contributed by atoms with E-state index in [0.717, 1.165) is 23.1 Å². The number of fused-ring (bicyclic) bond motifs is 4. The lowest BCUT2D eigenvalue weighted by Crippen LogP contribution is -2.54. The van der Waals surface area contributed by atoms with E-state index in [2.05, 4.69) is 48.5 Å². The van der Waals surface area contributed by atoms with Crippen LogP contribution in [0.2, 0.25) is 0 Å². The van der Waals surface area contributed by atoms with Gasteiger partial charge in [-0.15, -0.1) is 0 Å². The largest absolute Gasteiger partial charge is 0.332 e. The van der Waals surface area contributed by atoms with Crippen molar-refractivity contribution >= 4 is 11.8 Å². The number of rotatable bonds is 3. The summed E-state index contributed by atoms with van der Waals surface area (Å²) in [6.07, 6.45) is 1.33. The molecule has 4 heteroatoms. The van der Waals surface area contributed by atoms with Crippen LogP contribution in [0.1, 0.15) is 42.5 Å². The fraction of sp³-hybridized carbons (Fsp3) is 0.310. The number of hydrogen-bond acceptors (Lipinski definition) is 2. The minimum absolute atomic E-state index is 0.0349. The third kappa shape index (κ3) is 3.95. The fourth-order valence-corrected chi connectivity index (χ4v) is 5.11. The Morgan fingerprint density at radius 3 is 1.88 bits per heavy atom. The molecule has 2 unspecified atom stereocenters. The lowest BCUT2D eigenvalue weighted by molar-refractivity contribution is -0.150. The van der Waals surface area contributed by atoms with Crippen LogP contribution in [0.3, 0.4) is 0 Å². The number of carbonyl (C=O) groups is 2. The number of carbonyl (C=O) groups excluding carboxylic acids is 2. The Morgan fingerprint density at radius 2 is 1.30 bits per heavy atom. The van der Waals surface area contributed by atoms with Crippen LogP contribution in [0, 0.1) is 5.92 Å². The van der Waals surface area contributed by atoms with Gasteiger partial charge in [0.1, 0.15) is 6.04 Å². The van der Waals surface area contributed by atoms with Gasteiger partial charge in [0.15, 0.2) is 0 Å². The van der Waals surface area contributed by atoms with Crippen molar-refractivity contribution in [1.29, 1.82) is 0 Å². The van der Waals surface area contributed by atoms with Crippen molar-refractivity contribution in [2.75, 3.05) is 0 Å². The van der Waals surface area contributed by atoms with Crippen molar-refractivity contribution < 1.29 is 9.59 Å². The molecule has 0 radical (unpaired) electrons. The summed E-state index contributed by atoms with van der Waals surface area (Å²) in [7, 11) is 0. The average Bonchev–Trinajstić information content (AvgIpc) is 3.03. The average molecular weight is 439 g/mol. The van der Waals surface area contributed by atoms with Gasteiger partial charge in [-0.2, -0.15) is 0 Å². The van der Waals surface area contributed by atoms with E-state index in [1.807, 2.05) is 47.9 Å². The predicted molar refractivity (Wildman–Crippen MR) is 130 cm³/mol. The fourth-order valence-electron chi connectivity index (χ4n) is 5.11. The predicted octanol–water partition coefficient (Wildman–Crippen LogP) is 5.20. The molecule has 3 aromatic carbocycles. The molecule has 33 heavy (non-hydrogen) atoms. The van der Waals surface area contributed by atoms with Gasteiger partial charge in [0.2, 0.25) is 11.8 Å². The van der Waals surface area contributed by atoms with Crippen molar-refractivity contribution in [1.82, 2.24) is 9.80 Å². The van der Waals surface area contributed by atoms with Gasteiger partial charge in [-0.3, -0.25) is 9.59 Å². The molecule has 168 valence electrons. The van der Waals surface area contributed by atoms with Crippen LogP contribution in [0.4, 0.5) is 0 Å². The SMILES string of the molecule is CCC(C)C(=O)N1Cc2ccccc2CC1C(=O)N1Cc2ccccc2-c2ccccc2C1. The first-order chi connectivity index (χ1) is 16.1. The molecule has 2 atom stereocenters. The Labute approximate surface area is 195 Å². The highest BCUT2D eigenvalue weighted by atomic mass is 16.2. The summed E-state index contributed by atoms with van der Waals surface area (Å²) in [6.45, 7) is 5.58. The second kappa shape index (κ2) is 8.86. The van der Waals surface area contributed by atoms with E-state index in [4.69, 9.17) is 0 Å². The van der Waals surface area contributed by atoms with Gasteiger partial charge in [-0.05, 0) is 39.8 Å². The molecule has 2 heterocycles. The lowest BCUT2D eigenvalue weighted by atomic mass is 9.91. The van der Waals surface area contributed by atoms with Crippen LogP contribution in [0.15, 0.2) is 72.8 Å². The standard InChI is InChI=1S/C29H30N2O2/c1-3-20(2)28(32)31-19-22-11-5-4-10-21(22)16-27(31)29(33)30-17-23-12-6-8-14-25(23)26-15-9-7-13-24(26)18-30/h4-15,20,27H,3,16-19H2,1-2H3. The summed E-state index contributed by atoms with van der Waals surface area (Å²) >= 11 is 0. The second-order valence-electron chi connectivity index (χ2n) is 9.27. The molecule has 0 N–H and O–H groups in total. The molecular formula is C29H30N2O2. The Kier molecular flexibility index (Phi) is 5.76. The molecule has 2 aliphatic rings. The molecule has 0 saturated heterocycles. The summed E-state index contributed by atoms with van der Waals surface area (Å²) in [6, 6.07) is 24.4. The van der Waals surface area contributed by atoms with Crippen LogP contribution in [0.25, 0.3) is 11.1 Å². The van der Waals surface area contributed by atoms with E-state index < -0.39 is 6.04 Å². The molecule has 0 aliphatic carbocycles. The van der Waals surface area contributed by atoms with Crippen LogP contribution in [0.5, 0.6) is 0 Å². The number of benzene rings is 3. The molecule has 0 saturated carbocycles. The smallest absolute Gasteiger partial charge is 0.246 e.